The van der Waals surface area contributed by atoms with Crippen LogP contribution in [0.25, 0.3) is 49.4 Å². The van der Waals surface area contributed by atoms with E-state index in [1.807, 2.05) is 18.2 Å². The second-order valence-corrected chi connectivity index (χ2v) is 9.59. The van der Waals surface area contributed by atoms with Crippen LogP contribution in [-0.2, 0) is 6.42 Å². The van der Waals surface area contributed by atoms with E-state index in [4.69, 9.17) is 9.41 Å². The Morgan fingerprint density at radius 1 is 0.684 bits per heavy atom. The van der Waals surface area contributed by atoms with E-state index < -0.39 is 0 Å². The van der Waals surface area contributed by atoms with Gasteiger partial charge in [0.05, 0.1) is 16.7 Å². The fraction of sp³-hybridized carbons (Fsp3) is 0.0571. The zero-order chi connectivity index (χ0) is 25.5. The van der Waals surface area contributed by atoms with Crippen LogP contribution in [0.15, 0.2) is 137 Å². The summed E-state index contributed by atoms with van der Waals surface area (Å²) in [5.74, 6) is 0.896. The van der Waals surface area contributed by atoms with Crippen LogP contribution >= 0.6 is 0 Å². The summed E-state index contributed by atoms with van der Waals surface area (Å²) in [7, 11) is 0. The molecule has 0 amide bonds. The van der Waals surface area contributed by atoms with E-state index in [0.717, 1.165) is 61.9 Å². The molecule has 0 aliphatic rings. The molecule has 182 valence electrons. The van der Waals surface area contributed by atoms with Crippen molar-refractivity contribution in [3.8, 4) is 0 Å². The molecule has 0 radical (unpaired) electrons. The molecule has 0 saturated carbocycles. The normalized spacial score (nSPS) is 12.8. The Morgan fingerprint density at radius 3 is 2.16 bits per heavy atom. The zero-order valence-corrected chi connectivity index (χ0v) is 21.1. The highest BCUT2D eigenvalue weighted by molar-refractivity contribution is 6.24. The summed E-state index contributed by atoms with van der Waals surface area (Å²) >= 11 is 0. The number of furan rings is 1. The van der Waals surface area contributed by atoms with Crippen molar-refractivity contribution in [1.82, 2.24) is 4.57 Å². The van der Waals surface area contributed by atoms with E-state index in [1.165, 1.54) is 10.9 Å². The Bertz CT molecular complexity index is 1990. The number of fused-ring (bicyclic) bond motifs is 7. The van der Waals surface area contributed by atoms with Gasteiger partial charge in [-0.1, -0.05) is 109 Å². The molecule has 38 heavy (non-hydrogen) atoms. The van der Waals surface area contributed by atoms with Crippen molar-refractivity contribution in [2.75, 3.05) is 0 Å². The molecule has 0 unspecified atom stereocenters. The SMILES string of the molecule is CC(=N/C(=C\Cc1ccccc1)c1ccccc1)n1c2ccccc2c2ccc3c4ccccc4oc3c21. The predicted octanol–water partition coefficient (Wildman–Crippen LogP) is 9.24. The lowest BCUT2D eigenvalue weighted by atomic mass is 10.1. The Kier molecular flexibility index (Phi) is 5.41. The second kappa shape index (κ2) is 9.20. The Morgan fingerprint density at radius 2 is 1.34 bits per heavy atom. The smallest absolute Gasteiger partial charge is 0.160 e. The van der Waals surface area contributed by atoms with Crippen LogP contribution in [-0.4, -0.2) is 10.4 Å². The van der Waals surface area contributed by atoms with Crippen molar-refractivity contribution in [3.63, 3.8) is 0 Å². The van der Waals surface area contributed by atoms with Gasteiger partial charge < -0.3 is 4.42 Å². The van der Waals surface area contributed by atoms with Crippen molar-refractivity contribution in [1.29, 1.82) is 0 Å². The van der Waals surface area contributed by atoms with Crippen LogP contribution in [0.3, 0.4) is 0 Å². The molecule has 5 aromatic carbocycles. The molecule has 3 heteroatoms. The maximum Gasteiger partial charge on any atom is 0.160 e. The molecule has 2 heterocycles. The van der Waals surface area contributed by atoms with E-state index in [-0.39, 0.29) is 0 Å². The average molecular weight is 491 g/mol. The van der Waals surface area contributed by atoms with Gasteiger partial charge in [0.1, 0.15) is 11.4 Å². The molecule has 0 atom stereocenters. The quantitative estimate of drug-likeness (QED) is 0.179. The highest BCUT2D eigenvalue weighted by Gasteiger charge is 2.19. The van der Waals surface area contributed by atoms with Crippen LogP contribution in [0.2, 0.25) is 0 Å². The van der Waals surface area contributed by atoms with E-state index in [9.17, 15) is 0 Å². The first-order chi connectivity index (χ1) is 18.8. The van der Waals surface area contributed by atoms with E-state index in [2.05, 4.69) is 121 Å². The minimum Gasteiger partial charge on any atom is -0.454 e. The molecule has 0 aliphatic carbocycles. The van der Waals surface area contributed by atoms with Crippen molar-refractivity contribution in [3.05, 3.63) is 139 Å². The van der Waals surface area contributed by atoms with Crippen LogP contribution in [0, 0.1) is 0 Å². The Balaban J connectivity index is 1.48. The summed E-state index contributed by atoms with van der Waals surface area (Å²) in [5, 5.41) is 4.60. The first-order valence-electron chi connectivity index (χ1n) is 13.0. The molecule has 7 rings (SSSR count). The molecule has 2 aromatic heterocycles. The third kappa shape index (κ3) is 3.72. The molecule has 0 aliphatic heterocycles. The largest absolute Gasteiger partial charge is 0.454 e. The van der Waals surface area contributed by atoms with Crippen molar-refractivity contribution < 1.29 is 4.42 Å². The van der Waals surface area contributed by atoms with Crippen molar-refractivity contribution in [2.24, 2.45) is 4.99 Å². The minimum absolute atomic E-state index is 0.808. The predicted molar refractivity (Wildman–Crippen MR) is 160 cm³/mol. The minimum atomic E-state index is 0.808. The average Bonchev–Trinajstić information content (AvgIpc) is 3.52. The molecule has 0 fully saturated rings. The molecule has 7 aromatic rings. The highest BCUT2D eigenvalue weighted by atomic mass is 16.3. The van der Waals surface area contributed by atoms with Crippen LogP contribution in [0.5, 0.6) is 0 Å². The van der Waals surface area contributed by atoms with Gasteiger partial charge in [0, 0.05) is 21.5 Å². The topological polar surface area (TPSA) is 30.4 Å². The lowest BCUT2D eigenvalue weighted by Gasteiger charge is -2.10. The second-order valence-electron chi connectivity index (χ2n) is 9.59. The van der Waals surface area contributed by atoms with Crippen molar-refractivity contribution in [2.45, 2.75) is 13.3 Å². The summed E-state index contributed by atoms with van der Waals surface area (Å²) in [5.41, 5.74) is 7.27. The number of aliphatic imine (C=N–C) groups is 1. The van der Waals surface area contributed by atoms with E-state index in [1.54, 1.807) is 0 Å². The maximum atomic E-state index is 6.49. The lowest BCUT2D eigenvalue weighted by molar-refractivity contribution is 0.671. The fourth-order valence-electron chi connectivity index (χ4n) is 5.46. The van der Waals surface area contributed by atoms with Gasteiger partial charge >= 0.3 is 0 Å². The third-order valence-electron chi connectivity index (χ3n) is 7.23. The summed E-state index contributed by atoms with van der Waals surface area (Å²) in [6.07, 6.45) is 3.03. The zero-order valence-electron chi connectivity index (χ0n) is 21.1. The monoisotopic (exact) mass is 490 g/mol. The van der Waals surface area contributed by atoms with Gasteiger partial charge in [0.2, 0.25) is 0 Å². The summed E-state index contributed by atoms with van der Waals surface area (Å²) in [6.45, 7) is 2.09. The van der Waals surface area contributed by atoms with Crippen molar-refractivity contribution >= 4 is 55.3 Å². The Hall–Kier alpha value is -4.89. The van der Waals surface area contributed by atoms with Crippen LogP contribution < -0.4 is 0 Å². The lowest BCUT2D eigenvalue weighted by Crippen LogP contribution is -2.07. The van der Waals surface area contributed by atoms with Gasteiger partial charge in [0.25, 0.3) is 0 Å². The number of hydrogen-bond donors (Lipinski definition) is 0. The molecular formula is C35H26N2O. The molecule has 0 bridgehead atoms. The number of allylic oxidation sites excluding steroid dienone is 1. The van der Waals surface area contributed by atoms with Gasteiger partial charge in [-0.2, -0.15) is 0 Å². The molecule has 3 nitrogen and oxygen atoms in total. The number of rotatable bonds is 4. The highest BCUT2D eigenvalue weighted by Crippen LogP contribution is 2.38. The van der Waals surface area contributed by atoms with Gasteiger partial charge in [-0.05, 0) is 42.7 Å². The third-order valence-corrected chi connectivity index (χ3v) is 7.23. The van der Waals surface area contributed by atoms with E-state index >= 15 is 0 Å². The maximum absolute atomic E-state index is 6.49. The van der Waals surface area contributed by atoms with Gasteiger partial charge in [-0.25, -0.2) is 4.99 Å². The number of nitrogens with zero attached hydrogens (tertiary/aromatic N) is 2. The first kappa shape index (κ1) is 22.3. The molecule has 0 saturated heterocycles. The van der Waals surface area contributed by atoms with Gasteiger partial charge in [-0.3, -0.25) is 4.57 Å². The number of aromatic nitrogens is 1. The number of para-hydroxylation sites is 2. The van der Waals surface area contributed by atoms with E-state index in [0.29, 0.717) is 0 Å². The fourth-order valence-corrected chi connectivity index (χ4v) is 5.46. The molecule has 0 N–H and O–H groups in total. The number of hydrogen-bond acceptors (Lipinski definition) is 2. The Labute approximate surface area is 221 Å². The summed E-state index contributed by atoms with van der Waals surface area (Å²) in [4.78, 5) is 5.26. The van der Waals surface area contributed by atoms with Gasteiger partial charge in [0.15, 0.2) is 5.58 Å². The van der Waals surface area contributed by atoms with Crippen LogP contribution in [0.1, 0.15) is 18.1 Å². The summed E-state index contributed by atoms with van der Waals surface area (Å²) in [6, 6.07) is 42.1. The first-order valence-corrected chi connectivity index (χ1v) is 13.0. The standard InChI is InChI=1S/C35H26N2O/c1-24(36-31(26-14-6-3-7-15-26)23-20-25-12-4-2-5-13-25)37-32-18-10-8-16-27(32)29-21-22-30-28-17-9-11-19-33(28)38-35(30)34(29)37/h2-19,21-23H,20H2,1H3/b31-23-,36-24?. The molecule has 0 spiro atoms. The number of benzene rings is 5. The molecular weight excluding hydrogens is 464 g/mol. The van der Waals surface area contributed by atoms with Crippen LogP contribution in [0.4, 0.5) is 0 Å². The summed E-state index contributed by atoms with van der Waals surface area (Å²) < 4.78 is 8.75. The van der Waals surface area contributed by atoms with Gasteiger partial charge in [-0.15, -0.1) is 0 Å².